The Kier molecular flexibility index (Phi) is 4.08. The van der Waals surface area contributed by atoms with E-state index < -0.39 is 36.6 Å². The minimum atomic E-state index is -1.51. The molecule has 0 aliphatic heterocycles. The number of hydrogen-bond donors (Lipinski definition) is 6. The predicted octanol–water partition coefficient (Wildman–Crippen LogP) is -1.92. The number of nitrogens with one attached hydrogen (secondary N) is 1. The molecule has 0 aromatic carbocycles. The molecule has 23 heavy (non-hydrogen) atoms. The molecule has 126 valence electrons. The topological polar surface area (TPSA) is 163 Å². The maximum Gasteiger partial charge on any atom is 0.200 e. The fraction of sp³-hybridized carbons (Fsp3) is 0.583. The molecule has 3 rings (SSSR count). The van der Waals surface area contributed by atoms with Gasteiger partial charge in [-0.3, -0.25) is 0 Å². The molecule has 2 aromatic heterocycles. The summed E-state index contributed by atoms with van der Waals surface area (Å²) in [6, 6.07) is -1.03. The molecule has 0 radical (unpaired) electrons. The zero-order chi connectivity index (χ0) is 16.9. The number of fused-ring (bicyclic) bond motifs is 1. The third-order valence-electron chi connectivity index (χ3n) is 4.13. The van der Waals surface area contributed by atoms with Crippen molar-refractivity contribution in [1.82, 2.24) is 19.5 Å². The van der Waals surface area contributed by atoms with Crippen LogP contribution in [0, 0.1) is 4.64 Å². The lowest BCUT2D eigenvalue weighted by molar-refractivity contribution is -0.206. The molecule has 11 heteroatoms. The molecule has 2 heterocycles. The molecular weight excluding hydrogens is 326 g/mol. The van der Waals surface area contributed by atoms with Crippen LogP contribution in [0.3, 0.4) is 0 Å². The first-order valence-electron chi connectivity index (χ1n) is 6.84. The molecule has 1 saturated carbocycles. The second-order valence-corrected chi connectivity index (χ2v) is 5.82. The van der Waals surface area contributed by atoms with E-state index in [1.54, 1.807) is 0 Å². The van der Waals surface area contributed by atoms with Crippen molar-refractivity contribution in [3.05, 3.63) is 11.0 Å². The average Bonchev–Trinajstić information content (AvgIpc) is 2.90. The minimum Gasteiger partial charge on any atom is -0.388 e. The van der Waals surface area contributed by atoms with Gasteiger partial charge in [0.25, 0.3) is 0 Å². The van der Waals surface area contributed by atoms with E-state index in [1.807, 2.05) is 0 Å². The van der Waals surface area contributed by atoms with Crippen molar-refractivity contribution in [3.63, 3.8) is 0 Å². The summed E-state index contributed by atoms with van der Waals surface area (Å²) in [5.41, 5.74) is 6.31. The van der Waals surface area contributed by atoms with Crippen LogP contribution in [0.5, 0.6) is 0 Å². The van der Waals surface area contributed by atoms with Crippen molar-refractivity contribution in [1.29, 1.82) is 0 Å². The molecule has 0 unspecified atom stereocenters. The monoisotopic (exact) mass is 343 g/mol. The SMILES string of the molecule is CO[C@H]1[C@@H](O)[C@H](n2cnc3c(=S)nc(N)[nH]c32)[C@@H](O)[C@H](O)[C@@H]1O. The molecule has 2 aromatic rings. The summed E-state index contributed by atoms with van der Waals surface area (Å²) in [5, 5.41) is 40.7. The van der Waals surface area contributed by atoms with E-state index in [1.165, 1.54) is 18.0 Å². The normalized spacial score (nSPS) is 34.8. The maximum absolute atomic E-state index is 10.5. The number of hydrogen-bond acceptors (Lipinski definition) is 9. The Balaban J connectivity index is 2.15. The van der Waals surface area contributed by atoms with Crippen LogP contribution in [0.2, 0.25) is 0 Å². The highest BCUT2D eigenvalue weighted by molar-refractivity contribution is 7.71. The Morgan fingerprint density at radius 1 is 1.22 bits per heavy atom. The van der Waals surface area contributed by atoms with Gasteiger partial charge in [0, 0.05) is 7.11 Å². The number of aromatic amines is 1. The molecule has 0 spiro atoms. The number of nitrogen functional groups attached to an aromatic ring is 1. The van der Waals surface area contributed by atoms with Crippen molar-refractivity contribution in [3.8, 4) is 0 Å². The molecule has 0 saturated heterocycles. The second-order valence-electron chi connectivity index (χ2n) is 5.43. The molecule has 10 nitrogen and oxygen atoms in total. The van der Waals surface area contributed by atoms with Gasteiger partial charge in [-0.25, -0.2) is 9.97 Å². The van der Waals surface area contributed by atoms with Crippen LogP contribution in [-0.4, -0.2) is 77.6 Å². The summed E-state index contributed by atoms with van der Waals surface area (Å²) in [6.45, 7) is 0. The van der Waals surface area contributed by atoms with Crippen LogP contribution in [0.1, 0.15) is 6.04 Å². The van der Waals surface area contributed by atoms with Crippen molar-refractivity contribution >= 4 is 29.3 Å². The Bertz CT molecular complexity index is 779. The summed E-state index contributed by atoms with van der Waals surface area (Å²) in [6.07, 6.45) is -5.44. The number of ether oxygens (including phenoxy) is 1. The van der Waals surface area contributed by atoms with Gasteiger partial charge in [0.15, 0.2) is 10.6 Å². The van der Waals surface area contributed by atoms with Gasteiger partial charge in [-0.1, -0.05) is 12.2 Å². The number of nitrogens with two attached hydrogens (primary N) is 1. The van der Waals surface area contributed by atoms with Gasteiger partial charge in [0.1, 0.15) is 41.7 Å². The van der Waals surface area contributed by atoms with E-state index in [2.05, 4.69) is 15.0 Å². The number of imidazole rings is 1. The van der Waals surface area contributed by atoms with Gasteiger partial charge in [-0.2, -0.15) is 0 Å². The number of rotatable bonds is 2. The molecule has 0 amide bonds. The summed E-state index contributed by atoms with van der Waals surface area (Å²) < 4.78 is 6.62. The predicted molar refractivity (Wildman–Crippen MR) is 81.0 cm³/mol. The number of nitrogens with zero attached hydrogens (tertiary/aromatic N) is 3. The highest BCUT2D eigenvalue weighted by Gasteiger charge is 2.50. The molecule has 6 atom stereocenters. The van der Waals surface area contributed by atoms with Crippen molar-refractivity contribution < 1.29 is 25.2 Å². The lowest BCUT2D eigenvalue weighted by Crippen LogP contribution is -2.61. The minimum absolute atomic E-state index is 0.0490. The second kappa shape index (κ2) is 5.78. The van der Waals surface area contributed by atoms with Gasteiger partial charge < -0.3 is 40.4 Å². The molecule has 1 aliphatic rings. The van der Waals surface area contributed by atoms with E-state index in [4.69, 9.17) is 22.7 Å². The number of aliphatic hydroxyl groups is 4. The first-order valence-corrected chi connectivity index (χ1v) is 7.25. The molecule has 1 aliphatic carbocycles. The number of methoxy groups -OCH3 is 1. The Morgan fingerprint density at radius 2 is 1.91 bits per heavy atom. The number of aromatic nitrogens is 4. The summed E-state index contributed by atoms with van der Waals surface area (Å²) in [4.78, 5) is 10.7. The van der Waals surface area contributed by atoms with Gasteiger partial charge in [0.2, 0.25) is 0 Å². The Morgan fingerprint density at radius 3 is 2.57 bits per heavy atom. The number of H-pyrrole nitrogens is 1. The van der Waals surface area contributed by atoms with Crippen molar-refractivity contribution in [2.24, 2.45) is 0 Å². The summed E-state index contributed by atoms with van der Waals surface area (Å²) >= 11 is 5.08. The lowest BCUT2D eigenvalue weighted by atomic mass is 9.83. The smallest absolute Gasteiger partial charge is 0.200 e. The summed E-state index contributed by atoms with van der Waals surface area (Å²) in [7, 11) is 1.29. The Labute approximate surface area is 135 Å². The van der Waals surface area contributed by atoms with E-state index in [-0.39, 0.29) is 10.6 Å². The highest BCUT2D eigenvalue weighted by atomic mass is 32.1. The van der Waals surface area contributed by atoms with E-state index in [9.17, 15) is 20.4 Å². The zero-order valence-electron chi connectivity index (χ0n) is 12.1. The lowest BCUT2D eigenvalue weighted by Gasteiger charge is -2.43. The third kappa shape index (κ3) is 2.41. The standard InChI is InChI=1S/C12H17N5O5S/c1-22-9-6(19)4(5(18)7(20)8(9)21)17-2-14-3-10(17)15-12(13)16-11(3)23/h2,4-9,18-21H,1H3,(H3,13,15,16,23)/t4-,5-,6+,7+,8+,9+/m1/s1. The van der Waals surface area contributed by atoms with Gasteiger partial charge in [-0.05, 0) is 0 Å². The van der Waals surface area contributed by atoms with Crippen molar-refractivity contribution in [2.75, 3.05) is 12.8 Å². The average molecular weight is 343 g/mol. The van der Waals surface area contributed by atoms with Crippen molar-refractivity contribution in [2.45, 2.75) is 36.6 Å². The summed E-state index contributed by atoms with van der Waals surface area (Å²) in [5.74, 6) is 0.0490. The number of anilines is 1. The van der Waals surface area contributed by atoms with Crippen LogP contribution in [-0.2, 0) is 4.74 Å². The molecule has 1 fully saturated rings. The Hall–Kier alpha value is -1.63. The van der Waals surface area contributed by atoms with E-state index in [0.29, 0.717) is 11.2 Å². The maximum atomic E-state index is 10.5. The number of aliphatic hydroxyl groups excluding tert-OH is 4. The first kappa shape index (κ1) is 16.2. The first-order chi connectivity index (χ1) is 10.9. The van der Waals surface area contributed by atoms with Crippen LogP contribution < -0.4 is 5.73 Å². The van der Waals surface area contributed by atoms with Gasteiger partial charge in [0.05, 0.1) is 12.4 Å². The quantitative estimate of drug-likeness (QED) is 0.341. The van der Waals surface area contributed by atoms with E-state index in [0.717, 1.165) is 0 Å². The largest absolute Gasteiger partial charge is 0.388 e. The third-order valence-corrected chi connectivity index (χ3v) is 4.42. The van der Waals surface area contributed by atoms with Crippen LogP contribution in [0.15, 0.2) is 6.33 Å². The van der Waals surface area contributed by atoms with Crippen LogP contribution >= 0.6 is 12.2 Å². The zero-order valence-corrected chi connectivity index (χ0v) is 12.9. The molecule has 7 N–H and O–H groups in total. The van der Waals surface area contributed by atoms with Gasteiger partial charge >= 0.3 is 0 Å². The fourth-order valence-electron chi connectivity index (χ4n) is 2.98. The van der Waals surface area contributed by atoms with Crippen LogP contribution in [0.4, 0.5) is 5.95 Å². The molecular formula is C12H17N5O5S. The molecule has 0 bridgehead atoms. The van der Waals surface area contributed by atoms with Gasteiger partial charge in [-0.15, -0.1) is 0 Å². The van der Waals surface area contributed by atoms with Crippen LogP contribution in [0.25, 0.3) is 11.2 Å². The van der Waals surface area contributed by atoms with E-state index >= 15 is 0 Å². The highest BCUT2D eigenvalue weighted by Crippen LogP contribution is 2.33. The fourth-order valence-corrected chi connectivity index (χ4v) is 3.23.